The maximum atomic E-state index is 14.8. The maximum absolute atomic E-state index is 14.8. The molecule has 2 rings (SSSR count). The molecule has 0 bridgehead atoms. The molecule has 1 heterocycles. The fraction of sp³-hybridized carbons (Fsp3) is 0.571. The molecule has 1 unspecified atom stereocenters. The molecule has 0 amide bonds. The highest BCUT2D eigenvalue weighted by Crippen LogP contribution is 2.40. The van der Waals surface area contributed by atoms with Crippen molar-refractivity contribution in [1.82, 2.24) is 0 Å². The van der Waals surface area contributed by atoms with E-state index in [0.29, 0.717) is 18.6 Å². The molecule has 0 saturated carbocycles. The van der Waals surface area contributed by atoms with Gasteiger partial charge in [0, 0.05) is 12.1 Å². The molecule has 0 radical (unpaired) electrons. The topological polar surface area (TPSA) is 35.2 Å². The SMILES string of the molecule is CCCC(F)(CN)c1cccc2c1OCCC2. The van der Waals surface area contributed by atoms with E-state index in [-0.39, 0.29) is 6.54 Å². The highest BCUT2D eigenvalue weighted by atomic mass is 19.1. The van der Waals surface area contributed by atoms with E-state index in [2.05, 4.69) is 0 Å². The summed E-state index contributed by atoms with van der Waals surface area (Å²) in [5.41, 5.74) is 5.93. The lowest BCUT2D eigenvalue weighted by Crippen LogP contribution is -2.31. The van der Waals surface area contributed by atoms with Gasteiger partial charge in [-0.3, -0.25) is 0 Å². The molecular weight excluding hydrogens is 217 g/mol. The van der Waals surface area contributed by atoms with E-state index in [1.807, 2.05) is 25.1 Å². The second-order valence-electron chi connectivity index (χ2n) is 4.67. The molecule has 1 aromatic rings. The predicted octanol–water partition coefficient (Wildman–Crippen LogP) is 2.94. The largest absolute Gasteiger partial charge is 0.493 e. The first-order valence-corrected chi connectivity index (χ1v) is 6.35. The second kappa shape index (κ2) is 5.05. The first-order chi connectivity index (χ1) is 8.21. The van der Waals surface area contributed by atoms with Crippen molar-refractivity contribution >= 4 is 0 Å². The summed E-state index contributed by atoms with van der Waals surface area (Å²) < 4.78 is 20.5. The van der Waals surface area contributed by atoms with Crippen molar-refractivity contribution in [2.45, 2.75) is 38.3 Å². The summed E-state index contributed by atoms with van der Waals surface area (Å²) in [6, 6.07) is 5.73. The van der Waals surface area contributed by atoms with Gasteiger partial charge in [-0.1, -0.05) is 31.5 Å². The standard InChI is InChI=1S/C14H20FNO/c1-2-8-14(15,10-16)12-7-3-5-11-6-4-9-17-13(11)12/h3,5,7H,2,4,6,8-10,16H2,1H3. The number of benzene rings is 1. The van der Waals surface area contributed by atoms with Crippen molar-refractivity contribution in [2.24, 2.45) is 5.73 Å². The van der Waals surface area contributed by atoms with Crippen LogP contribution in [-0.4, -0.2) is 13.2 Å². The van der Waals surface area contributed by atoms with Gasteiger partial charge in [0.1, 0.15) is 5.75 Å². The van der Waals surface area contributed by atoms with Crippen LogP contribution in [0.2, 0.25) is 0 Å². The molecule has 17 heavy (non-hydrogen) atoms. The number of fused-ring (bicyclic) bond motifs is 1. The lowest BCUT2D eigenvalue weighted by atomic mass is 9.88. The Morgan fingerprint density at radius 2 is 2.29 bits per heavy atom. The van der Waals surface area contributed by atoms with Crippen molar-refractivity contribution in [3.8, 4) is 5.75 Å². The highest BCUT2D eigenvalue weighted by molar-refractivity contribution is 5.46. The molecule has 0 aliphatic carbocycles. The monoisotopic (exact) mass is 237 g/mol. The van der Waals surface area contributed by atoms with Crippen LogP contribution in [0.15, 0.2) is 18.2 Å². The number of hydrogen-bond acceptors (Lipinski definition) is 2. The molecule has 1 atom stereocenters. The molecule has 0 aromatic heterocycles. The minimum absolute atomic E-state index is 0.0145. The van der Waals surface area contributed by atoms with Crippen LogP contribution in [0, 0.1) is 0 Å². The summed E-state index contributed by atoms with van der Waals surface area (Å²) in [6.45, 7) is 2.66. The van der Waals surface area contributed by atoms with Crippen LogP contribution in [0.1, 0.15) is 37.3 Å². The molecule has 2 N–H and O–H groups in total. The average molecular weight is 237 g/mol. The summed E-state index contributed by atoms with van der Waals surface area (Å²) in [4.78, 5) is 0. The van der Waals surface area contributed by atoms with Gasteiger partial charge in [0.15, 0.2) is 5.67 Å². The zero-order chi connectivity index (χ0) is 12.3. The molecular formula is C14H20FNO. The van der Waals surface area contributed by atoms with Crippen LogP contribution in [0.3, 0.4) is 0 Å². The van der Waals surface area contributed by atoms with Gasteiger partial charge < -0.3 is 10.5 Å². The van der Waals surface area contributed by atoms with Crippen molar-refractivity contribution < 1.29 is 9.13 Å². The Balaban J connectivity index is 2.43. The number of para-hydroxylation sites is 1. The fourth-order valence-electron chi connectivity index (χ4n) is 2.48. The Kier molecular flexibility index (Phi) is 3.67. The summed E-state index contributed by atoms with van der Waals surface area (Å²) in [5, 5.41) is 0. The van der Waals surface area contributed by atoms with Gasteiger partial charge in [-0.15, -0.1) is 0 Å². The van der Waals surface area contributed by atoms with Gasteiger partial charge in [-0.25, -0.2) is 4.39 Å². The number of aryl methyl sites for hydroxylation is 1. The van der Waals surface area contributed by atoms with Crippen LogP contribution < -0.4 is 10.5 Å². The predicted molar refractivity (Wildman–Crippen MR) is 67.0 cm³/mol. The lowest BCUT2D eigenvalue weighted by molar-refractivity contribution is 0.150. The van der Waals surface area contributed by atoms with Crippen molar-refractivity contribution in [2.75, 3.05) is 13.2 Å². The molecule has 94 valence electrons. The van der Waals surface area contributed by atoms with Crippen LogP contribution in [-0.2, 0) is 12.1 Å². The third kappa shape index (κ3) is 2.29. The van der Waals surface area contributed by atoms with Crippen LogP contribution in [0.25, 0.3) is 0 Å². The summed E-state index contributed by atoms with van der Waals surface area (Å²) in [7, 11) is 0. The number of halogens is 1. The smallest absolute Gasteiger partial charge is 0.151 e. The molecule has 0 saturated heterocycles. The third-order valence-corrected chi connectivity index (χ3v) is 3.39. The molecule has 0 spiro atoms. The third-order valence-electron chi connectivity index (χ3n) is 3.39. The van der Waals surface area contributed by atoms with Gasteiger partial charge in [0.25, 0.3) is 0 Å². The molecule has 1 aliphatic heterocycles. The molecule has 1 aromatic carbocycles. The minimum Gasteiger partial charge on any atom is -0.493 e. The van der Waals surface area contributed by atoms with Gasteiger partial charge in [0.05, 0.1) is 6.61 Å². The van der Waals surface area contributed by atoms with E-state index in [4.69, 9.17) is 10.5 Å². The van der Waals surface area contributed by atoms with Crippen molar-refractivity contribution in [3.63, 3.8) is 0 Å². The van der Waals surface area contributed by atoms with Crippen LogP contribution in [0.4, 0.5) is 4.39 Å². The lowest BCUT2D eigenvalue weighted by Gasteiger charge is -2.29. The molecule has 1 aliphatic rings. The number of nitrogens with two attached hydrogens (primary N) is 1. The minimum atomic E-state index is -1.45. The summed E-state index contributed by atoms with van der Waals surface area (Å²) in [6.07, 6.45) is 3.20. The van der Waals surface area contributed by atoms with Crippen molar-refractivity contribution in [3.05, 3.63) is 29.3 Å². The first-order valence-electron chi connectivity index (χ1n) is 6.35. The fourth-order valence-corrected chi connectivity index (χ4v) is 2.48. The van der Waals surface area contributed by atoms with E-state index in [1.165, 1.54) is 0 Å². The quantitative estimate of drug-likeness (QED) is 0.873. The molecule has 2 nitrogen and oxygen atoms in total. The molecule has 0 fully saturated rings. The Morgan fingerprint density at radius 1 is 1.47 bits per heavy atom. The van der Waals surface area contributed by atoms with Gasteiger partial charge in [-0.2, -0.15) is 0 Å². The maximum Gasteiger partial charge on any atom is 0.151 e. The number of ether oxygens (including phenoxy) is 1. The Bertz CT molecular complexity index is 394. The van der Waals surface area contributed by atoms with Crippen LogP contribution in [0.5, 0.6) is 5.75 Å². The van der Waals surface area contributed by atoms with E-state index < -0.39 is 5.67 Å². The normalized spacial score (nSPS) is 18.1. The number of alkyl halides is 1. The Morgan fingerprint density at radius 3 is 3.00 bits per heavy atom. The average Bonchev–Trinajstić information content (AvgIpc) is 2.38. The highest BCUT2D eigenvalue weighted by Gasteiger charge is 2.34. The van der Waals surface area contributed by atoms with Gasteiger partial charge in [0.2, 0.25) is 0 Å². The van der Waals surface area contributed by atoms with E-state index >= 15 is 0 Å². The van der Waals surface area contributed by atoms with E-state index in [9.17, 15) is 4.39 Å². The van der Waals surface area contributed by atoms with Gasteiger partial charge in [-0.05, 0) is 24.8 Å². The zero-order valence-electron chi connectivity index (χ0n) is 10.3. The number of hydrogen-bond donors (Lipinski definition) is 1. The Labute approximate surface area is 102 Å². The van der Waals surface area contributed by atoms with Gasteiger partial charge >= 0.3 is 0 Å². The second-order valence-corrected chi connectivity index (χ2v) is 4.67. The van der Waals surface area contributed by atoms with Crippen molar-refractivity contribution in [1.29, 1.82) is 0 Å². The Hall–Kier alpha value is -1.09. The van der Waals surface area contributed by atoms with E-state index in [1.54, 1.807) is 0 Å². The van der Waals surface area contributed by atoms with E-state index in [0.717, 1.165) is 30.6 Å². The van der Waals surface area contributed by atoms with Crippen LogP contribution >= 0.6 is 0 Å². The summed E-state index contributed by atoms with van der Waals surface area (Å²) >= 11 is 0. The first kappa shape index (κ1) is 12.4. The zero-order valence-corrected chi connectivity index (χ0v) is 10.3. The number of rotatable bonds is 4. The summed E-state index contributed by atoms with van der Waals surface area (Å²) in [5.74, 6) is 0.736. The molecule has 3 heteroatoms.